The van der Waals surface area contributed by atoms with Gasteiger partial charge in [-0.25, -0.2) is 9.59 Å². The smallest absolute Gasteiger partial charge is 0.429 e. The molecule has 0 aromatic rings. The van der Waals surface area contributed by atoms with Crippen molar-refractivity contribution in [1.82, 2.24) is 0 Å². The van der Waals surface area contributed by atoms with E-state index in [9.17, 15) is 9.59 Å². The van der Waals surface area contributed by atoms with Crippen LogP contribution in [0.1, 0.15) is 61.3 Å². The molecule has 2 unspecified atom stereocenters. The van der Waals surface area contributed by atoms with Crippen LogP contribution in [-0.4, -0.2) is 35.7 Å². The van der Waals surface area contributed by atoms with E-state index in [2.05, 4.69) is 6.58 Å². The van der Waals surface area contributed by atoms with Crippen molar-refractivity contribution in [3.05, 3.63) is 24.8 Å². The summed E-state index contributed by atoms with van der Waals surface area (Å²) in [4.78, 5) is 23.5. The van der Waals surface area contributed by atoms with Gasteiger partial charge >= 0.3 is 12.3 Å². The SMILES string of the molecule is C=CC(CCC(/C=C/C)OC(=O)OC(C)(C)C)OC(=O)OC(C)(C)C. The van der Waals surface area contributed by atoms with Crippen LogP contribution in [0.2, 0.25) is 0 Å². The third-order valence-electron chi connectivity index (χ3n) is 2.68. The van der Waals surface area contributed by atoms with Gasteiger partial charge in [-0.05, 0) is 67.4 Å². The normalized spacial score (nSPS) is 14.5. The van der Waals surface area contributed by atoms with Gasteiger partial charge in [-0.2, -0.15) is 0 Å². The van der Waals surface area contributed by atoms with Crippen LogP contribution in [0.4, 0.5) is 9.59 Å². The van der Waals surface area contributed by atoms with Crippen molar-refractivity contribution in [1.29, 1.82) is 0 Å². The average molecular weight is 356 g/mol. The van der Waals surface area contributed by atoms with Crippen LogP contribution >= 0.6 is 0 Å². The molecule has 2 atom stereocenters. The highest BCUT2D eigenvalue weighted by Crippen LogP contribution is 2.16. The highest BCUT2D eigenvalue weighted by atomic mass is 16.7. The molecule has 0 fully saturated rings. The van der Waals surface area contributed by atoms with E-state index in [4.69, 9.17) is 18.9 Å². The number of carbonyl (C=O) groups is 2. The molecular weight excluding hydrogens is 324 g/mol. The van der Waals surface area contributed by atoms with E-state index in [0.29, 0.717) is 12.8 Å². The maximum Gasteiger partial charge on any atom is 0.509 e. The third-order valence-corrected chi connectivity index (χ3v) is 2.68. The van der Waals surface area contributed by atoms with Crippen LogP contribution in [0.5, 0.6) is 0 Å². The predicted molar refractivity (Wildman–Crippen MR) is 96.5 cm³/mol. The molecular formula is C19H32O6. The summed E-state index contributed by atoms with van der Waals surface area (Å²) in [5.41, 5.74) is -1.25. The molecule has 0 aromatic heterocycles. The lowest BCUT2D eigenvalue weighted by molar-refractivity contribution is -0.0300. The molecule has 0 amide bonds. The summed E-state index contributed by atoms with van der Waals surface area (Å²) < 4.78 is 20.8. The Bertz CT molecular complexity index is 467. The van der Waals surface area contributed by atoms with Crippen molar-refractivity contribution in [3.63, 3.8) is 0 Å². The van der Waals surface area contributed by atoms with Crippen molar-refractivity contribution >= 4 is 12.3 Å². The van der Waals surface area contributed by atoms with Crippen molar-refractivity contribution in [2.75, 3.05) is 0 Å². The average Bonchev–Trinajstić information content (AvgIpc) is 2.39. The zero-order chi connectivity index (χ0) is 19.7. The Morgan fingerprint density at radius 2 is 1.28 bits per heavy atom. The molecule has 0 aliphatic carbocycles. The molecule has 0 radical (unpaired) electrons. The molecule has 6 heteroatoms. The number of rotatable bonds is 7. The minimum absolute atomic E-state index is 0.431. The summed E-state index contributed by atoms with van der Waals surface area (Å²) >= 11 is 0. The lowest BCUT2D eigenvalue weighted by Gasteiger charge is -2.23. The molecule has 0 aliphatic rings. The summed E-state index contributed by atoms with van der Waals surface area (Å²) in [6.07, 6.45) is 3.42. The van der Waals surface area contributed by atoms with E-state index in [-0.39, 0.29) is 0 Å². The van der Waals surface area contributed by atoms with E-state index in [1.54, 1.807) is 53.7 Å². The molecule has 0 heterocycles. The first-order chi connectivity index (χ1) is 11.4. The second-order valence-corrected chi connectivity index (χ2v) is 7.58. The first-order valence-electron chi connectivity index (χ1n) is 8.41. The Labute approximate surface area is 151 Å². The van der Waals surface area contributed by atoms with Crippen LogP contribution in [0.25, 0.3) is 0 Å². The Kier molecular flexibility index (Phi) is 9.31. The van der Waals surface area contributed by atoms with Crippen LogP contribution in [-0.2, 0) is 18.9 Å². The van der Waals surface area contributed by atoms with E-state index < -0.39 is 35.7 Å². The van der Waals surface area contributed by atoms with Crippen LogP contribution in [0.3, 0.4) is 0 Å². The largest absolute Gasteiger partial charge is 0.509 e. The quantitative estimate of drug-likeness (QED) is 0.463. The highest BCUT2D eigenvalue weighted by molar-refractivity contribution is 5.61. The van der Waals surface area contributed by atoms with Gasteiger partial charge in [0.1, 0.15) is 23.4 Å². The number of hydrogen-bond acceptors (Lipinski definition) is 6. The highest BCUT2D eigenvalue weighted by Gasteiger charge is 2.23. The summed E-state index contributed by atoms with van der Waals surface area (Å²) in [7, 11) is 0. The van der Waals surface area contributed by atoms with E-state index in [1.807, 2.05) is 6.92 Å². The van der Waals surface area contributed by atoms with Gasteiger partial charge < -0.3 is 18.9 Å². The van der Waals surface area contributed by atoms with Crippen LogP contribution < -0.4 is 0 Å². The first-order valence-corrected chi connectivity index (χ1v) is 8.41. The van der Waals surface area contributed by atoms with Crippen LogP contribution in [0.15, 0.2) is 24.8 Å². The first kappa shape index (κ1) is 23.0. The maximum atomic E-state index is 11.8. The van der Waals surface area contributed by atoms with Crippen molar-refractivity contribution < 1.29 is 28.5 Å². The fourth-order valence-electron chi connectivity index (χ4n) is 1.76. The maximum absolute atomic E-state index is 11.8. The van der Waals surface area contributed by atoms with Crippen LogP contribution in [0, 0.1) is 0 Å². The topological polar surface area (TPSA) is 71.1 Å². The van der Waals surface area contributed by atoms with Gasteiger partial charge in [-0.15, -0.1) is 0 Å². The molecule has 0 bridgehead atoms. The minimum Gasteiger partial charge on any atom is -0.429 e. The second-order valence-electron chi connectivity index (χ2n) is 7.58. The van der Waals surface area contributed by atoms with Gasteiger partial charge in [-0.3, -0.25) is 0 Å². The molecule has 25 heavy (non-hydrogen) atoms. The minimum atomic E-state index is -0.756. The summed E-state index contributed by atoms with van der Waals surface area (Å²) in [5.74, 6) is 0. The van der Waals surface area contributed by atoms with Gasteiger partial charge in [0.2, 0.25) is 0 Å². The van der Waals surface area contributed by atoms with E-state index in [1.165, 1.54) is 6.08 Å². The van der Waals surface area contributed by atoms with Gasteiger partial charge in [0.15, 0.2) is 0 Å². The molecule has 0 saturated carbocycles. The summed E-state index contributed by atoms with van der Waals surface area (Å²) in [5, 5.41) is 0. The zero-order valence-electron chi connectivity index (χ0n) is 16.5. The lowest BCUT2D eigenvalue weighted by Crippen LogP contribution is -2.29. The number of hydrogen-bond donors (Lipinski definition) is 0. The fraction of sp³-hybridized carbons (Fsp3) is 0.684. The number of carbonyl (C=O) groups excluding carboxylic acids is 2. The van der Waals surface area contributed by atoms with Crippen molar-refractivity contribution in [2.45, 2.75) is 84.7 Å². The zero-order valence-corrected chi connectivity index (χ0v) is 16.5. The molecule has 0 saturated heterocycles. The second kappa shape index (κ2) is 10.1. The predicted octanol–water partition coefficient (Wildman–Crippen LogP) is 5.17. The van der Waals surface area contributed by atoms with E-state index >= 15 is 0 Å². The summed E-state index contributed by atoms with van der Waals surface area (Å²) in [6, 6.07) is 0. The standard InChI is InChI=1S/C19H32O6/c1-9-11-15(23-17(21)25-19(6,7)8)13-12-14(10-2)22-16(20)24-18(3,4)5/h9-11,14-15H,2,12-13H2,1,3-8H3/b11-9+. The van der Waals surface area contributed by atoms with Gasteiger partial charge in [0.05, 0.1) is 0 Å². The van der Waals surface area contributed by atoms with Crippen molar-refractivity contribution in [3.8, 4) is 0 Å². The Balaban J connectivity index is 4.58. The Hall–Kier alpha value is -1.98. The molecule has 0 spiro atoms. The monoisotopic (exact) mass is 356 g/mol. The summed E-state index contributed by atoms with van der Waals surface area (Å²) in [6.45, 7) is 16.1. The lowest BCUT2D eigenvalue weighted by atomic mass is 10.1. The van der Waals surface area contributed by atoms with Gasteiger partial charge in [0, 0.05) is 0 Å². The number of allylic oxidation sites excluding steroid dienone is 1. The molecule has 0 N–H and O–H groups in total. The Morgan fingerprint density at radius 3 is 1.64 bits per heavy atom. The van der Waals surface area contributed by atoms with Gasteiger partial charge in [-0.1, -0.05) is 18.7 Å². The molecule has 0 aliphatic heterocycles. The van der Waals surface area contributed by atoms with Crippen molar-refractivity contribution in [2.24, 2.45) is 0 Å². The molecule has 6 nitrogen and oxygen atoms in total. The van der Waals surface area contributed by atoms with E-state index in [0.717, 1.165) is 0 Å². The number of ether oxygens (including phenoxy) is 4. The fourth-order valence-corrected chi connectivity index (χ4v) is 1.76. The third kappa shape index (κ3) is 13.0. The molecule has 0 rings (SSSR count). The van der Waals surface area contributed by atoms with Gasteiger partial charge in [0.25, 0.3) is 0 Å². The molecule has 144 valence electrons. The molecule has 0 aromatic carbocycles. The Morgan fingerprint density at radius 1 is 0.880 bits per heavy atom.